The fourth-order valence-corrected chi connectivity index (χ4v) is 2.18. The van der Waals surface area contributed by atoms with Crippen LogP contribution in [-0.4, -0.2) is 22.6 Å². The predicted molar refractivity (Wildman–Crippen MR) is 72.7 cm³/mol. The molecular weight excluding hydrogens is 234 g/mol. The van der Waals surface area contributed by atoms with E-state index in [2.05, 4.69) is 35.6 Å². The molecule has 0 aliphatic carbocycles. The van der Waals surface area contributed by atoms with Gasteiger partial charge < -0.3 is 4.90 Å². The number of benzene rings is 1. The van der Waals surface area contributed by atoms with Crippen molar-refractivity contribution in [2.45, 2.75) is 26.8 Å². The minimum atomic E-state index is 0.304. The lowest BCUT2D eigenvalue weighted by Crippen LogP contribution is -2.31. The number of anilines is 1. The van der Waals surface area contributed by atoms with Crippen molar-refractivity contribution in [3.63, 3.8) is 0 Å². The van der Waals surface area contributed by atoms with Crippen LogP contribution in [0, 0.1) is 0 Å². The van der Waals surface area contributed by atoms with Gasteiger partial charge in [-0.1, -0.05) is 12.1 Å². The van der Waals surface area contributed by atoms with Crippen LogP contribution < -0.4 is 4.90 Å². The smallest absolute Gasteiger partial charge is 0.224 e. The first-order chi connectivity index (χ1) is 8.13. The van der Waals surface area contributed by atoms with Gasteiger partial charge in [0, 0.05) is 18.0 Å². The van der Waals surface area contributed by atoms with E-state index in [1.165, 1.54) is 0 Å². The summed E-state index contributed by atoms with van der Waals surface area (Å²) < 4.78 is 0. The molecule has 3 nitrogen and oxygen atoms in total. The zero-order valence-corrected chi connectivity index (χ0v) is 11.1. The maximum absolute atomic E-state index is 5.98. The number of nitrogens with zero attached hydrogens (tertiary/aromatic N) is 3. The van der Waals surface area contributed by atoms with E-state index in [1.807, 2.05) is 24.3 Å². The van der Waals surface area contributed by atoms with E-state index in [4.69, 9.17) is 11.6 Å². The molecule has 0 bridgehead atoms. The fourth-order valence-electron chi connectivity index (χ4n) is 2.01. The van der Waals surface area contributed by atoms with Crippen LogP contribution in [-0.2, 0) is 0 Å². The quantitative estimate of drug-likeness (QED) is 0.780. The molecule has 0 atom stereocenters. The van der Waals surface area contributed by atoms with Crippen LogP contribution in [0.2, 0.25) is 5.28 Å². The Labute approximate surface area is 106 Å². The zero-order chi connectivity index (χ0) is 12.4. The fraction of sp³-hybridized carbons (Fsp3) is 0.385. The van der Waals surface area contributed by atoms with Crippen LogP contribution in [0.3, 0.4) is 0 Å². The Kier molecular flexibility index (Phi) is 3.48. The number of hydrogen-bond donors (Lipinski definition) is 0. The number of fused-ring (bicyclic) bond motifs is 1. The monoisotopic (exact) mass is 249 g/mol. The van der Waals surface area contributed by atoms with E-state index in [0.29, 0.717) is 11.3 Å². The molecule has 90 valence electrons. The van der Waals surface area contributed by atoms with Crippen LogP contribution in [0.15, 0.2) is 24.3 Å². The van der Waals surface area contributed by atoms with E-state index in [1.54, 1.807) is 0 Å². The molecule has 0 fully saturated rings. The minimum Gasteiger partial charge on any atom is -0.354 e. The summed E-state index contributed by atoms with van der Waals surface area (Å²) in [7, 11) is 0. The summed E-state index contributed by atoms with van der Waals surface area (Å²) in [4.78, 5) is 10.8. The minimum absolute atomic E-state index is 0.304. The molecule has 2 aromatic rings. The lowest BCUT2D eigenvalue weighted by Gasteiger charge is -2.27. The SMILES string of the molecule is CCN(c1nc(Cl)nc2ccccc12)C(C)C. The molecule has 2 rings (SSSR count). The molecule has 0 radical (unpaired) electrons. The predicted octanol–water partition coefficient (Wildman–Crippen LogP) is 3.52. The molecule has 0 unspecified atom stereocenters. The van der Waals surface area contributed by atoms with Crippen molar-refractivity contribution in [2.75, 3.05) is 11.4 Å². The van der Waals surface area contributed by atoms with Gasteiger partial charge in [-0.05, 0) is 44.5 Å². The number of aromatic nitrogens is 2. The van der Waals surface area contributed by atoms with E-state index in [9.17, 15) is 0 Å². The molecule has 1 heterocycles. The molecule has 1 aromatic carbocycles. The van der Waals surface area contributed by atoms with Crippen molar-refractivity contribution in [3.05, 3.63) is 29.5 Å². The summed E-state index contributed by atoms with van der Waals surface area (Å²) >= 11 is 5.98. The van der Waals surface area contributed by atoms with Crippen molar-refractivity contribution in [2.24, 2.45) is 0 Å². The van der Waals surface area contributed by atoms with E-state index in [-0.39, 0.29) is 0 Å². The van der Waals surface area contributed by atoms with Gasteiger partial charge in [0.05, 0.1) is 5.52 Å². The highest BCUT2D eigenvalue weighted by molar-refractivity contribution is 6.28. The Morgan fingerprint density at radius 2 is 1.94 bits per heavy atom. The molecule has 4 heteroatoms. The number of para-hydroxylation sites is 1. The summed E-state index contributed by atoms with van der Waals surface area (Å²) in [5.74, 6) is 0.915. The molecule has 0 N–H and O–H groups in total. The number of halogens is 1. The third kappa shape index (κ3) is 2.34. The Balaban J connectivity index is 2.66. The summed E-state index contributed by atoms with van der Waals surface area (Å²) in [6.45, 7) is 7.31. The highest BCUT2D eigenvalue weighted by atomic mass is 35.5. The lowest BCUT2D eigenvalue weighted by atomic mass is 10.2. The van der Waals surface area contributed by atoms with Crippen LogP contribution in [0.1, 0.15) is 20.8 Å². The molecular formula is C13H16ClN3. The van der Waals surface area contributed by atoms with Gasteiger partial charge in [-0.15, -0.1) is 0 Å². The molecule has 0 saturated heterocycles. The van der Waals surface area contributed by atoms with Gasteiger partial charge in [0.15, 0.2) is 0 Å². The van der Waals surface area contributed by atoms with Crippen molar-refractivity contribution >= 4 is 28.3 Å². The first-order valence-corrected chi connectivity index (χ1v) is 6.20. The number of hydrogen-bond acceptors (Lipinski definition) is 3. The zero-order valence-electron chi connectivity index (χ0n) is 10.3. The van der Waals surface area contributed by atoms with Crippen molar-refractivity contribution < 1.29 is 0 Å². The molecule has 0 amide bonds. The molecule has 0 aliphatic heterocycles. The van der Waals surface area contributed by atoms with Gasteiger partial charge in [0.25, 0.3) is 0 Å². The summed E-state index contributed by atoms with van der Waals surface area (Å²) in [6.07, 6.45) is 0. The highest BCUT2D eigenvalue weighted by Gasteiger charge is 2.14. The van der Waals surface area contributed by atoms with Gasteiger partial charge in [-0.25, -0.2) is 4.98 Å². The maximum Gasteiger partial charge on any atom is 0.224 e. The number of rotatable bonds is 3. The Morgan fingerprint density at radius 1 is 1.24 bits per heavy atom. The van der Waals surface area contributed by atoms with Crippen LogP contribution in [0.25, 0.3) is 10.9 Å². The van der Waals surface area contributed by atoms with E-state index in [0.717, 1.165) is 23.3 Å². The third-order valence-electron chi connectivity index (χ3n) is 2.79. The molecule has 0 aliphatic rings. The van der Waals surface area contributed by atoms with Gasteiger partial charge in [-0.2, -0.15) is 4.98 Å². The average molecular weight is 250 g/mol. The second-order valence-electron chi connectivity index (χ2n) is 4.21. The largest absolute Gasteiger partial charge is 0.354 e. The van der Waals surface area contributed by atoms with Crippen molar-refractivity contribution in [3.8, 4) is 0 Å². The Bertz CT molecular complexity index is 525. The molecule has 0 saturated carbocycles. The standard InChI is InChI=1S/C13H16ClN3/c1-4-17(9(2)3)12-10-7-5-6-8-11(10)15-13(14)16-12/h5-9H,4H2,1-3H3. The van der Waals surface area contributed by atoms with Gasteiger partial charge >= 0.3 is 0 Å². The topological polar surface area (TPSA) is 29.0 Å². The van der Waals surface area contributed by atoms with Crippen LogP contribution in [0.5, 0.6) is 0 Å². The van der Waals surface area contributed by atoms with Gasteiger partial charge in [0.2, 0.25) is 5.28 Å². The third-order valence-corrected chi connectivity index (χ3v) is 2.96. The Hall–Kier alpha value is -1.35. The second-order valence-corrected chi connectivity index (χ2v) is 4.55. The van der Waals surface area contributed by atoms with Crippen molar-refractivity contribution in [1.29, 1.82) is 0 Å². The summed E-state index contributed by atoms with van der Waals surface area (Å²) in [5, 5.41) is 1.35. The van der Waals surface area contributed by atoms with E-state index < -0.39 is 0 Å². The molecule has 0 spiro atoms. The first-order valence-electron chi connectivity index (χ1n) is 5.82. The average Bonchev–Trinajstić information content (AvgIpc) is 2.29. The summed E-state index contributed by atoms with van der Waals surface area (Å²) in [6, 6.07) is 8.33. The maximum atomic E-state index is 5.98. The molecule has 17 heavy (non-hydrogen) atoms. The Morgan fingerprint density at radius 3 is 2.59 bits per heavy atom. The van der Waals surface area contributed by atoms with Gasteiger partial charge in [-0.3, -0.25) is 0 Å². The summed E-state index contributed by atoms with van der Waals surface area (Å²) in [5.41, 5.74) is 0.890. The van der Waals surface area contributed by atoms with Crippen LogP contribution in [0.4, 0.5) is 5.82 Å². The highest BCUT2D eigenvalue weighted by Crippen LogP contribution is 2.26. The lowest BCUT2D eigenvalue weighted by molar-refractivity contribution is 0.695. The normalized spacial score (nSPS) is 11.1. The second kappa shape index (κ2) is 4.88. The van der Waals surface area contributed by atoms with Gasteiger partial charge in [0.1, 0.15) is 5.82 Å². The molecule has 1 aromatic heterocycles. The first kappa shape index (κ1) is 12.1. The van der Waals surface area contributed by atoms with Crippen LogP contribution >= 0.6 is 11.6 Å². The van der Waals surface area contributed by atoms with Crippen molar-refractivity contribution in [1.82, 2.24) is 9.97 Å². The van der Waals surface area contributed by atoms with E-state index >= 15 is 0 Å².